The number of hydrogen-bond acceptors (Lipinski definition) is 5. The Kier molecular flexibility index (Phi) is 5.65. The van der Waals surface area contributed by atoms with E-state index in [2.05, 4.69) is 10.2 Å². The van der Waals surface area contributed by atoms with E-state index in [1.165, 1.54) is 12.1 Å². The first-order chi connectivity index (χ1) is 14.5. The summed E-state index contributed by atoms with van der Waals surface area (Å²) in [5.74, 6) is -0.469. The smallest absolute Gasteiger partial charge is 0.270 e. The summed E-state index contributed by atoms with van der Waals surface area (Å²) in [6, 6.07) is 11.2. The van der Waals surface area contributed by atoms with Crippen molar-refractivity contribution in [1.82, 2.24) is 4.90 Å². The summed E-state index contributed by atoms with van der Waals surface area (Å²) < 4.78 is 0. The SMILES string of the molecule is O=C(Nc1cccc(C(=O)N2CCCC2)c1)c1cc([N+](=O)[O-])ccc1N1CCCC1. The number of carbonyl (C=O) groups excluding carboxylic acids is 2. The van der Waals surface area contributed by atoms with Crippen LogP contribution in [0.2, 0.25) is 0 Å². The summed E-state index contributed by atoms with van der Waals surface area (Å²) in [4.78, 5) is 40.3. The van der Waals surface area contributed by atoms with Crippen LogP contribution in [0.25, 0.3) is 0 Å². The minimum Gasteiger partial charge on any atom is -0.371 e. The second-order valence-electron chi connectivity index (χ2n) is 7.69. The van der Waals surface area contributed by atoms with Gasteiger partial charge in [-0.05, 0) is 49.9 Å². The molecule has 2 saturated heterocycles. The van der Waals surface area contributed by atoms with Gasteiger partial charge < -0.3 is 15.1 Å². The molecule has 0 unspecified atom stereocenters. The van der Waals surface area contributed by atoms with E-state index in [9.17, 15) is 19.7 Å². The maximum atomic E-state index is 13.0. The number of nitrogens with one attached hydrogen (secondary N) is 1. The number of nitro benzene ring substituents is 1. The molecule has 1 N–H and O–H groups in total. The number of likely N-dealkylation sites (tertiary alicyclic amines) is 1. The fourth-order valence-corrected chi connectivity index (χ4v) is 4.08. The van der Waals surface area contributed by atoms with Crippen LogP contribution in [0.3, 0.4) is 0 Å². The molecule has 0 saturated carbocycles. The molecule has 0 spiro atoms. The Morgan fingerprint density at radius 3 is 2.33 bits per heavy atom. The van der Waals surface area contributed by atoms with Crippen molar-refractivity contribution in [2.24, 2.45) is 0 Å². The number of non-ortho nitro benzene ring substituents is 1. The highest BCUT2D eigenvalue weighted by Crippen LogP contribution is 2.29. The van der Waals surface area contributed by atoms with Gasteiger partial charge in [0, 0.05) is 49.6 Å². The van der Waals surface area contributed by atoms with E-state index in [1.54, 1.807) is 30.3 Å². The number of anilines is 2. The predicted molar refractivity (Wildman–Crippen MR) is 114 cm³/mol. The highest BCUT2D eigenvalue weighted by molar-refractivity contribution is 6.09. The van der Waals surface area contributed by atoms with Crippen molar-refractivity contribution < 1.29 is 14.5 Å². The summed E-state index contributed by atoms with van der Waals surface area (Å²) in [5, 5.41) is 14.0. The third kappa shape index (κ3) is 4.12. The molecule has 0 radical (unpaired) electrons. The van der Waals surface area contributed by atoms with E-state index in [-0.39, 0.29) is 17.2 Å². The van der Waals surface area contributed by atoms with Crippen LogP contribution in [0.1, 0.15) is 46.4 Å². The van der Waals surface area contributed by atoms with Gasteiger partial charge in [-0.25, -0.2) is 0 Å². The van der Waals surface area contributed by atoms with Crippen molar-refractivity contribution in [1.29, 1.82) is 0 Å². The lowest BCUT2D eigenvalue weighted by Crippen LogP contribution is -2.27. The van der Waals surface area contributed by atoms with Gasteiger partial charge in [0.15, 0.2) is 0 Å². The summed E-state index contributed by atoms with van der Waals surface area (Å²) in [5.41, 5.74) is 1.85. The number of carbonyl (C=O) groups is 2. The van der Waals surface area contributed by atoms with Crippen LogP contribution in [0, 0.1) is 10.1 Å². The molecule has 30 heavy (non-hydrogen) atoms. The Morgan fingerprint density at radius 2 is 1.63 bits per heavy atom. The fraction of sp³-hybridized carbons (Fsp3) is 0.364. The Balaban J connectivity index is 1.59. The van der Waals surface area contributed by atoms with Gasteiger partial charge in [-0.1, -0.05) is 6.07 Å². The molecule has 8 nitrogen and oxygen atoms in total. The zero-order valence-electron chi connectivity index (χ0n) is 16.7. The number of benzene rings is 2. The van der Waals surface area contributed by atoms with Crippen LogP contribution in [0.15, 0.2) is 42.5 Å². The van der Waals surface area contributed by atoms with E-state index in [1.807, 2.05) is 4.90 Å². The second-order valence-corrected chi connectivity index (χ2v) is 7.69. The summed E-state index contributed by atoms with van der Waals surface area (Å²) >= 11 is 0. The van der Waals surface area contributed by atoms with Crippen LogP contribution in [-0.4, -0.2) is 47.8 Å². The number of nitro groups is 1. The van der Waals surface area contributed by atoms with Crippen molar-refractivity contribution in [3.63, 3.8) is 0 Å². The Labute approximate surface area is 174 Å². The minimum absolute atomic E-state index is 0.0447. The Morgan fingerprint density at radius 1 is 0.933 bits per heavy atom. The molecular weight excluding hydrogens is 384 g/mol. The molecule has 0 aromatic heterocycles. The molecule has 2 aliphatic rings. The summed E-state index contributed by atoms with van der Waals surface area (Å²) in [6.07, 6.45) is 4.07. The van der Waals surface area contributed by atoms with Gasteiger partial charge in [-0.3, -0.25) is 19.7 Å². The van der Waals surface area contributed by atoms with Gasteiger partial charge in [0.25, 0.3) is 17.5 Å². The average molecular weight is 408 g/mol. The Hall–Kier alpha value is -3.42. The number of hydrogen-bond donors (Lipinski definition) is 1. The van der Waals surface area contributed by atoms with Gasteiger partial charge in [-0.2, -0.15) is 0 Å². The third-order valence-electron chi connectivity index (χ3n) is 5.64. The highest BCUT2D eigenvalue weighted by atomic mass is 16.6. The zero-order valence-corrected chi connectivity index (χ0v) is 16.7. The predicted octanol–water partition coefficient (Wildman–Crippen LogP) is 3.68. The number of nitrogens with zero attached hydrogens (tertiary/aromatic N) is 3. The van der Waals surface area contributed by atoms with Crippen molar-refractivity contribution in [3.05, 3.63) is 63.7 Å². The van der Waals surface area contributed by atoms with Crippen LogP contribution in [0.5, 0.6) is 0 Å². The Bertz CT molecular complexity index is 979. The topological polar surface area (TPSA) is 95.8 Å². The first-order valence-electron chi connectivity index (χ1n) is 10.3. The minimum atomic E-state index is -0.500. The number of amides is 2. The van der Waals surface area contributed by atoms with E-state index in [0.717, 1.165) is 51.9 Å². The first-order valence-corrected chi connectivity index (χ1v) is 10.3. The van der Waals surface area contributed by atoms with E-state index in [0.29, 0.717) is 16.9 Å². The molecule has 0 atom stereocenters. The molecule has 8 heteroatoms. The second kappa shape index (κ2) is 8.52. The maximum absolute atomic E-state index is 13.0. The third-order valence-corrected chi connectivity index (χ3v) is 5.64. The largest absolute Gasteiger partial charge is 0.371 e. The first kappa shape index (κ1) is 19.9. The average Bonchev–Trinajstić information content (AvgIpc) is 3.47. The van der Waals surface area contributed by atoms with E-state index in [4.69, 9.17) is 0 Å². The molecule has 156 valence electrons. The van der Waals surface area contributed by atoms with E-state index < -0.39 is 10.8 Å². The summed E-state index contributed by atoms with van der Waals surface area (Å²) in [7, 11) is 0. The molecule has 2 amide bonds. The lowest BCUT2D eigenvalue weighted by Gasteiger charge is -2.21. The van der Waals surface area contributed by atoms with Crippen LogP contribution < -0.4 is 10.2 Å². The van der Waals surface area contributed by atoms with E-state index >= 15 is 0 Å². The molecule has 2 aromatic rings. The molecule has 0 bridgehead atoms. The van der Waals surface area contributed by atoms with Gasteiger partial charge in [0.05, 0.1) is 16.2 Å². The lowest BCUT2D eigenvalue weighted by atomic mass is 10.1. The van der Waals surface area contributed by atoms with Gasteiger partial charge in [-0.15, -0.1) is 0 Å². The standard InChI is InChI=1S/C22H24N4O4/c27-21(19-15-18(26(29)30)8-9-20(19)24-10-1-2-11-24)23-17-7-5-6-16(14-17)22(28)25-12-3-4-13-25/h5-9,14-15H,1-4,10-13H2,(H,23,27). The molecular formula is C22H24N4O4. The lowest BCUT2D eigenvalue weighted by molar-refractivity contribution is -0.384. The molecule has 2 aliphatic heterocycles. The number of rotatable bonds is 5. The molecule has 2 fully saturated rings. The normalized spacial score (nSPS) is 16.0. The summed E-state index contributed by atoms with van der Waals surface area (Å²) in [6.45, 7) is 3.14. The van der Waals surface area contributed by atoms with Crippen molar-refractivity contribution in [2.75, 3.05) is 36.4 Å². The quantitative estimate of drug-likeness (QED) is 0.601. The highest BCUT2D eigenvalue weighted by Gasteiger charge is 2.23. The molecule has 0 aliphatic carbocycles. The van der Waals surface area contributed by atoms with Crippen molar-refractivity contribution >= 4 is 28.9 Å². The van der Waals surface area contributed by atoms with Gasteiger partial charge in [0.2, 0.25) is 0 Å². The van der Waals surface area contributed by atoms with Crippen LogP contribution >= 0.6 is 0 Å². The van der Waals surface area contributed by atoms with Crippen LogP contribution in [-0.2, 0) is 0 Å². The van der Waals surface area contributed by atoms with Crippen molar-refractivity contribution in [2.45, 2.75) is 25.7 Å². The monoisotopic (exact) mass is 408 g/mol. The molecule has 2 aromatic carbocycles. The fourth-order valence-electron chi connectivity index (χ4n) is 4.08. The van der Waals surface area contributed by atoms with Gasteiger partial charge >= 0.3 is 0 Å². The van der Waals surface area contributed by atoms with Crippen LogP contribution in [0.4, 0.5) is 17.1 Å². The van der Waals surface area contributed by atoms with Gasteiger partial charge in [0.1, 0.15) is 0 Å². The van der Waals surface area contributed by atoms with Crippen molar-refractivity contribution in [3.8, 4) is 0 Å². The zero-order chi connectivity index (χ0) is 21.1. The molecule has 2 heterocycles. The molecule has 4 rings (SSSR count). The maximum Gasteiger partial charge on any atom is 0.270 e.